The zero-order valence-electron chi connectivity index (χ0n) is 49.7. The minimum absolute atomic E-state index is 0. The fourth-order valence-corrected chi connectivity index (χ4v) is 11.3. The standard InChI is InChI=1S/C20H21N7O2S.C14H19N3O.C13H18N4O.C7H5ClN2O.C7H15N.H2/c1-13-3-4-15(25-18-17(29-2)14(11-21)5-7-22-18)12-26(13)19(28)16-6-10-30-20(16)27-23-8-9-24-27;1-10-3-5-12(6-4-10)17-14-13(18-2)11(9-15)7-8-16-14;1-9-3-4-11(8-16-9)17-13-12(18-2)10(7-14)5-6-15-13;1-11-6-5(4-9)2-3-10-7(6)8;1-6-2-4-7(8)5-3-6;/h5-10,13,15H,3-4,12H2,1-2H3,(H,22,25);7-8,10,12H,3-6H2,1-2H3,(H,16,17);5-6,9,11,16H,3-4,8H2,1-2H3,(H,15,17);2-3H,1H3;6-7H,2-5,8H2,1H3;1H/t13-,15-;;9-,11-;;;/m1.1.../s1. The van der Waals surface area contributed by atoms with E-state index in [0.29, 0.717) is 104 Å². The minimum Gasteiger partial charge on any atom is -0.492 e. The second kappa shape index (κ2) is 33.8. The first-order valence-electron chi connectivity index (χ1n) is 28.6. The Bertz CT molecular complexity index is 3140. The van der Waals surface area contributed by atoms with Gasteiger partial charge in [-0.2, -0.15) is 31.2 Å². The zero-order chi connectivity index (χ0) is 61.3. The highest BCUT2D eigenvalue weighted by Gasteiger charge is 2.33. The van der Waals surface area contributed by atoms with Gasteiger partial charge in [0.2, 0.25) is 0 Å². The summed E-state index contributed by atoms with van der Waals surface area (Å²) in [6.45, 7) is 10.3. The number of hydrogen-bond acceptors (Lipinski definition) is 21. The smallest absolute Gasteiger partial charge is 0.257 e. The summed E-state index contributed by atoms with van der Waals surface area (Å²) in [5, 5.41) is 60.5. The maximum atomic E-state index is 13.4. The van der Waals surface area contributed by atoms with Crippen LogP contribution in [-0.4, -0.2) is 124 Å². The van der Waals surface area contributed by atoms with E-state index in [1.165, 1.54) is 75.1 Å². The summed E-state index contributed by atoms with van der Waals surface area (Å²) in [7, 11) is 6.10. The predicted octanol–water partition coefficient (Wildman–Crippen LogP) is 10.6. The van der Waals surface area contributed by atoms with Crippen molar-refractivity contribution < 1.29 is 25.2 Å². The molecule has 2 saturated carbocycles. The van der Waals surface area contributed by atoms with E-state index in [1.807, 2.05) is 22.4 Å². The number of likely N-dealkylation sites (tertiary alicyclic amines) is 1. The summed E-state index contributed by atoms with van der Waals surface area (Å²) in [5.74, 6) is 5.40. The largest absolute Gasteiger partial charge is 0.492 e. The Balaban J connectivity index is 0.000000210. The Kier molecular flexibility index (Phi) is 26.2. The predicted molar refractivity (Wildman–Crippen MR) is 330 cm³/mol. The maximum absolute atomic E-state index is 13.4. The van der Waals surface area contributed by atoms with E-state index < -0.39 is 0 Å². The van der Waals surface area contributed by atoms with Gasteiger partial charge >= 0.3 is 0 Å². The minimum atomic E-state index is -0.0479. The Morgan fingerprint density at radius 2 is 1.04 bits per heavy atom. The molecule has 6 aromatic heterocycles. The fourth-order valence-electron chi connectivity index (χ4n) is 10.2. The van der Waals surface area contributed by atoms with E-state index in [4.69, 9.17) is 52.1 Å². The van der Waals surface area contributed by atoms with Crippen LogP contribution in [0.3, 0.4) is 0 Å². The Morgan fingerprint density at radius 1 is 0.600 bits per heavy atom. The normalized spacial score (nSPS) is 21.3. The average Bonchev–Trinajstić information content (AvgIpc) is 3.34. The van der Waals surface area contributed by atoms with E-state index >= 15 is 0 Å². The van der Waals surface area contributed by atoms with Gasteiger partial charge < -0.3 is 50.8 Å². The van der Waals surface area contributed by atoms with Gasteiger partial charge in [0.25, 0.3) is 5.91 Å². The van der Waals surface area contributed by atoms with Crippen LogP contribution in [0.15, 0.2) is 72.9 Å². The van der Waals surface area contributed by atoms with Crippen LogP contribution in [0.1, 0.15) is 139 Å². The molecule has 10 rings (SSSR count). The fraction of sp³-hybridized carbons (Fsp3) is 0.492. The average molecular weight is 1200 g/mol. The van der Waals surface area contributed by atoms with Crippen molar-refractivity contribution in [1.29, 1.82) is 21.0 Å². The van der Waals surface area contributed by atoms with Gasteiger partial charge in [0.05, 0.1) is 68.7 Å². The monoisotopic (exact) mass is 1200 g/mol. The number of methoxy groups -OCH3 is 4. The molecule has 4 fully saturated rings. The summed E-state index contributed by atoms with van der Waals surface area (Å²) in [6, 6.07) is 18.6. The van der Waals surface area contributed by atoms with Crippen LogP contribution in [0.25, 0.3) is 5.00 Å². The van der Waals surface area contributed by atoms with Crippen molar-refractivity contribution in [2.45, 2.75) is 141 Å². The first-order valence-corrected chi connectivity index (χ1v) is 29.9. The molecule has 22 nitrogen and oxygen atoms in total. The first kappa shape index (κ1) is 65.8. The van der Waals surface area contributed by atoms with Gasteiger partial charge in [-0.1, -0.05) is 25.4 Å². The van der Waals surface area contributed by atoms with E-state index in [2.05, 4.69) is 97.3 Å². The van der Waals surface area contributed by atoms with Crippen molar-refractivity contribution in [2.75, 3.05) is 57.5 Å². The molecule has 0 radical (unpaired) electrons. The number of ether oxygens (including phenoxy) is 4. The number of nitrogens with zero attached hydrogens (tertiary/aromatic N) is 12. The van der Waals surface area contributed by atoms with E-state index in [0.717, 1.165) is 56.9 Å². The number of pyridine rings is 4. The third-order valence-corrected chi connectivity index (χ3v) is 16.4. The molecule has 2 aliphatic carbocycles. The molecule has 85 heavy (non-hydrogen) atoms. The van der Waals surface area contributed by atoms with Gasteiger partial charge in [0.15, 0.2) is 50.6 Å². The van der Waals surface area contributed by atoms with Gasteiger partial charge in [-0.15, -0.1) is 16.1 Å². The number of rotatable bonds is 12. The number of thiophene rings is 1. The summed E-state index contributed by atoms with van der Waals surface area (Å²) >= 11 is 7.05. The highest BCUT2D eigenvalue weighted by atomic mass is 35.5. The van der Waals surface area contributed by atoms with Crippen molar-refractivity contribution in [3.63, 3.8) is 0 Å². The van der Waals surface area contributed by atoms with Crippen molar-refractivity contribution in [2.24, 2.45) is 17.6 Å². The van der Waals surface area contributed by atoms with Crippen LogP contribution >= 0.6 is 22.9 Å². The van der Waals surface area contributed by atoms with Gasteiger partial charge in [-0.3, -0.25) is 4.79 Å². The number of halogens is 1. The molecule has 4 atom stereocenters. The van der Waals surface area contributed by atoms with Crippen molar-refractivity contribution in [3.05, 3.63) is 106 Å². The molecule has 0 aromatic carbocycles. The highest BCUT2D eigenvalue weighted by molar-refractivity contribution is 7.13. The highest BCUT2D eigenvalue weighted by Crippen LogP contribution is 2.33. The van der Waals surface area contributed by atoms with E-state index in [-0.39, 0.29) is 24.6 Å². The van der Waals surface area contributed by atoms with Gasteiger partial charge in [0, 0.05) is 75.6 Å². The van der Waals surface area contributed by atoms with Crippen LogP contribution in [0, 0.1) is 57.2 Å². The van der Waals surface area contributed by atoms with Crippen LogP contribution in [0.2, 0.25) is 5.15 Å². The van der Waals surface area contributed by atoms with Crippen molar-refractivity contribution in [3.8, 4) is 52.3 Å². The molecule has 8 heterocycles. The number of nitrogens with one attached hydrogen (secondary N) is 4. The Labute approximate surface area is 509 Å². The SMILES string of the molecule is CC1CCC(N)CC1.COc1c(C#N)ccnc1Cl.COc1c(C#N)ccnc1NC1CCC(C)CC1.COc1c(C#N)ccnc1N[C@@H]1CC[C@@H](C)N(C(=O)c2ccsc2-n2nccn2)C1.COc1c(C#N)ccnc1N[C@@H]1CC[C@@H](C)NC1.[HH]. The number of nitrogens with two attached hydrogens (primary N) is 1. The van der Waals surface area contributed by atoms with Crippen LogP contribution in [-0.2, 0) is 0 Å². The summed E-state index contributed by atoms with van der Waals surface area (Å²) in [4.78, 5) is 33.3. The number of hydrogen-bond donors (Lipinski definition) is 5. The lowest BCUT2D eigenvalue weighted by Gasteiger charge is -2.38. The molecule has 452 valence electrons. The number of amides is 1. The molecule has 1 amide bonds. The second-order valence-electron chi connectivity index (χ2n) is 21.4. The molecule has 0 spiro atoms. The quantitative estimate of drug-likeness (QED) is 0.0711. The third kappa shape index (κ3) is 18.8. The first-order chi connectivity index (χ1) is 41.2. The van der Waals surface area contributed by atoms with E-state index in [9.17, 15) is 10.1 Å². The summed E-state index contributed by atoms with van der Waals surface area (Å²) in [5.41, 5.74) is 8.13. The topological polar surface area (TPSA) is 309 Å². The zero-order valence-corrected chi connectivity index (χ0v) is 51.3. The van der Waals surface area contributed by atoms with Gasteiger partial charge in [0.1, 0.15) is 24.3 Å². The molecule has 24 heteroatoms. The Hall–Kier alpha value is -8.32. The van der Waals surface area contributed by atoms with Crippen LogP contribution < -0.4 is 45.9 Å². The number of anilines is 3. The van der Waals surface area contributed by atoms with Crippen molar-refractivity contribution in [1.82, 2.24) is 45.1 Å². The second-order valence-corrected chi connectivity index (χ2v) is 22.6. The molecule has 0 unspecified atom stereocenters. The molecule has 6 aromatic rings. The molecule has 2 aliphatic heterocycles. The molecule has 2 saturated heterocycles. The number of carbonyl (C=O) groups excluding carboxylic acids is 1. The maximum Gasteiger partial charge on any atom is 0.257 e. The molecule has 0 bridgehead atoms. The molecular formula is C61H80ClN17O5S. The number of aromatic nitrogens is 7. The molecule has 6 N–H and O–H groups in total. The lowest BCUT2D eigenvalue weighted by molar-refractivity contribution is 0.0621. The van der Waals surface area contributed by atoms with Crippen LogP contribution in [0.4, 0.5) is 17.5 Å². The number of carbonyl (C=O) groups is 1. The van der Waals surface area contributed by atoms with E-state index in [1.54, 1.807) is 69.5 Å². The van der Waals surface area contributed by atoms with Crippen LogP contribution in [0.5, 0.6) is 23.0 Å². The van der Waals surface area contributed by atoms with Gasteiger partial charge in [-0.05, 0) is 138 Å². The lowest BCUT2D eigenvalue weighted by Crippen LogP contribution is -2.49. The third-order valence-electron chi connectivity index (χ3n) is 15.3. The lowest BCUT2D eigenvalue weighted by atomic mass is 9.87. The number of piperidine rings is 2. The summed E-state index contributed by atoms with van der Waals surface area (Å²) < 4.78 is 20.8. The number of nitriles is 4. The molecular weight excluding hydrogens is 1120 g/mol. The summed E-state index contributed by atoms with van der Waals surface area (Å²) in [6.07, 6.45) is 23.5. The molecule has 4 aliphatic rings. The Morgan fingerprint density at radius 3 is 1.48 bits per heavy atom. The van der Waals surface area contributed by atoms with Crippen molar-refractivity contribution >= 4 is 46.3 Å². The van der Waals surface area contributed by atoms with Gasteiger partial charge in [-0.25, -0.2) is 19.9 Å².